The predicted molar refractivity (Wildman–Crippen MR) is 109 cm³/mol. The van der Waals surface area contributed by atoms with Gasteiger partial charge in [-0.05, 0) is 49.4 Å². The zero-order valence-corrected chi connectivity index (χ0v) is 16.5. The second-order valence-electron chi connectivity index (χ2n) is 8.04. The Bertz CT molecular complexity index is 1090. The molecule has 0 spiro atoms. The zero-order chi connectivity index (χ0) is 20.6. The Hall–Kier alpha value is -3.08. The molecule has 1 heterocycles. The Morgan fingerprint density at radius 1 is 1.14 bits per heavy atom. The maximum Gasteiger partial charge on any atom is 0.303 e. The monoisotopic (exact) mass is 394 g/mol. The molecule has 0 amide bonds. The van der Waals surface area contributed by atoms with Crippen LogP contribution in [0, 0.1) is 5.82 Å². The number of rotatable bonds is 6. The van der Waals surface area contributed by atoms with E-state index >= 15 is 0 Å². The van der Waals surface area contributed by atoms with Crippen LogP contribution in [0.15, 0.2) is 48.5 Å². The second kappa shape index (κ2) is 7.39. The molecule has 0 atom stereocenters. The van der Waals surface area contributed by atoms with Crippen LogP contribution in [0.5, 0.6) is 11.5 Å². The van der Waals surface area contributed by atoms with Crippen molar-refractivity contribution in [2.45, 2.75) is 45.3 Å². The van der Waals surface area contributed by atoms with E-state index in [-0.39, 0.29) is 24.4 Å². The van der Waals surface area contributed by atoms with E-state index < -0.39 is 5.97 Å². The smallest absolute Gasteiger partial charge is 0.303 e. The number of benzene rings is 3. The normalized spacial score (nSPS) is 14.4. The van der Waals surface area contributed by atoms with Crippen molar-refractivity contribution in [3.05, 3.63) is 71.0 Å². The number of carboxylic acids is 1. The van der Waals surface area contributed by atoms with Crippen LogP contribution in [0.2, 0.25) is 0 Å². The van der Waals surface area contributed by atoms with Crippen LogP contribution in [0.1, 0.15) is 37.0 Å². The molecule has 150 valence electrons. The first kappa shape index (κ1) is 19.2. The molecule has 1 aliphatic rings. The molecule has 29 heavy (non-hydrogen) atoms. The quantitative estimate of drug-likeness (QED) is 0.617. The van der Waals surface area contributed by atoms with Crippen LogP contribution in [0.3, 0.4) is 0 Å². The van der Waals surface area contributed by atoms with Crippen molar-refractivity contribution in [3.8, 4) is 11.5 Å². The minimum atomic E-state index is -0.822. The third kappa shape index (κ3) is 4.04. The Kier molecular flexibility index (Phi) is 4.91. The fraction of sp³-hybridized carbons (Fsp3) is 0.292. The number of ether oxygens (including phenoxy) is 2. The van der Waals surface area contributed by atoms with E-state index in [9.17, 15) is 9.18 Å². The lowest BCUT2D eigenvalue weighted by atomic mass is 10.00. The third-order valence-corrected chi connectivity index (χ3v) is 5.17. The molecule has 0 saturated heterocycles. The van der Waals surface area contributed by atoms with E-state index in [1.807, 2.05) is 50.2 Å². The van der Waals surface area contributed by atoms with E-state index in [1.165, 1.54) is 12.1 Å². The van der Waals surface area contributed by atoms with E-state index in [4.69, 9.17) is 14.6 Å². The summed E-state index contributed by atoms with van der Waals surface area (Å²) in [5.41, 5.74) is 2.16. The molecule has 1 N–H and O–H groups in total. The van der Waals surface area contributed by atoms with Crippen molar-refractivity contribution >= 4 is 16.7 Å². The highest BCUT2D eigenvalue weighted by molar-refractivity contribution is 5.91. The molecule has 5 heteroatoms. The van der Waals surface area contributed by atoms with Gasteiger partial charge < -0.3 is 14.6 Å². The summed E-state index contributed by atoms with van der Waals surface area (Å²) in [7, 11) is 0. The van der Waals surface area contributed by atoms with Crippen molar-refractivity contribution in [3.63, 3.8) is 0 Å². The average Bonchev–Trinajstić information content (AvgIpc) is 2.98. The van der Waals surface area contributed by atoms with E-state index in [0.717, 1.165) is 21.9 Å². The molecule has 0 radical (unpaired) electrons. The first-order chi connectivity index (χ1) is 13.8. The van der Waals surface area contributed by atoms with Crippen molar-refractivity contribution in [1.82, 2.24) is 0 Å². The van der Waals surface area contributed by atoms with Gasteiger partial charge in [0.2, 0.25) is 0 Å². The molecule has 4 rings (SSSR count). The summed E-state index contributed by atoms with van der Waals surface area (Å²) in [4.78, 5) is 10.9. The maximum atomic E-state index is 14.1. The van der Waals surface area contributed by atoms with Gasteiger partial charge in [-0.15, -0.1) is 0 Å². The van der Waals surface area contributed by atoms with Crippen LogP contribution in [0.25, 0.3) is 10.8 Å². The zero-order valence-electron chi connectivity index (χ0n) is 16.5. The molecule has 0 bridgehead atoms. The van der Waals surface area contributed by atoms with Crippen molar-refractivity contribution in [2.75, 3.05) is 0 Å². The molecule has 3 aromatic carbocycles. The molecule has 0 saturated carbocycles. The lowest BCUT2D eigenvalue weighted by molar-refractivity contribution is -0.136. The number of carbonyl (C=O) groups is 1. The lowest BCUT2D eigenvalue weighted by Crippen LogP contribution is -2.25. The lowest BCUT2D eigenvalue weighted by Gasteiger charge is -2.18. The molecule has 0 aliphatic carbocycles. The molecule has 0 unspecified atom stereocenters. The predicted octanol–water partition coefficient (Wildman–Crippen LogP) is 5.29. The Morgan fingerprint density at radius 3 is 2.66 bits per heavy atom. The van der Waals surface area contributed by atoms with Crippen molar-refractivity contribution in [1.29, 1.82) is 0 Å². The van der Waals surface area contributed by atoms with E-state index in [0.29, 0.717) is 29.9 Å². The summed E-state index contributed by atoms with van der Waals surface area (Å²) < 4.78 is 26.2. The molecule has 1 aliphatic heterocycles. The van der Waals surface area contributed by atoms with Crippen LogP contribution in [0.4, 0.5) is 4.39 Å². The minimum Gasteiger partial charge on any atom is -0.488 e. The fourth-order valence-electron chi connectivity index (χ4n) is 3.93. The Labute approximate surface area is 168 Å². The Balaban J connectivity index is 1.62. The third-order valence-electron chi connectivity index (χ3n) is 5.17. The first-order valence-corrected chi connectivity index (χ1v) is 9.68. The van der Waals surface area contributed by atoms with Gasteiger partial charge in [-0.2, -0.15) is 0 Å². The number of aryl methyl sites for hydroxylation is 1. The SMILES string of the molecule is CC1(C)Cc2cc(F)cc(COc3ccc(CCC(=O)O)c4ccccc34)c2O1. The highest BCUT2D eigenvalue weighted by Gasteiger charge is 2.32. The van der Waals surface area contributed by atoms with Gasteiger partial charge in [0.15, 0.2) is 0 Å². The van der Waals surface area contributed by atoms with Crippen LogP contribution in [-0.4, -0.2) is 16.7 Å². The minimum absolute atomic E-state index is 0.0761. The van der Waals surface area contributed by atoms with Gasteiger partial charge in [0, 0.05) is 29.4 Å². The van der Waals surface area contributed by atoms with Crippen LogP contribution >= 0.6 is 0 Å². The van der Waals surface area contributed by atoms with Crippen LogP contribution in [-0.2, 0) is 24.2 Å². The van der Waals surface area contributed by atoms with Crippen molar-refractivity contribution in [2.24, 2.45) is 0 Å². The fourth-order valence-corrected chi connectivity index (χ4v) is 3.93. The highest BCUT2D eigenvalue weighted by atomic mass is 19.1. The van der Waals surface area contributed by atoms with Gasteiger partial charge in [0.05, 0.1) is 0 Å². The number of fused-ring (bicyclic) bond motifs is 2. The van der Waals surface area contributed by atoms with Gasteiger partial charge in [-0.1, -0.05) is 30.3 Å². The Morgan fingerprint density at radius 2 is 1.90 bits per heavy atom. The largest absolute Gasteiger partial charge is 0.488 e. The topological polar surface area (TPSA) is 55.8 Å². The number of hydrogen-bond donors (Lipinski definition) is 1. The summed E-state index contributed by atoms with van der Waals surface area (Å²) in [6.07, 6.45) is 1.19. The number of hydrogen-bond acceptors (Lipinski definition) is 3. The summed E-state index contributed by atoms with van der Waals surface area (Å²) in [6, 6.07) is 14.5. The standard InChI is InChI=1S/C24H23FO4/c1-24(2)13-16-11-18(25)12-17(23(16)29-24)14-28-21-9-7-15(8-10-22(26)27)19-5-3-4-6-20(19)21/h3-7,9,11-12H,8,10,13-14H2,1-2H3,(H,26,27). The molecule has 3 aromatic rings. The molecule has 4 nitrogen and oxygen atoms in total. The average molecular weight is 394 g/mol. The summed E-state index contributed by atoms with van der Waals surface area (Å²) in [6.45, 7) is 4.16. The van der Waals surface area contributed by atoms with Gasteiger partial charge >= 0.3 is 5.97 Å². The molecule has 0 fully saturated rings. The molecular formula is C24H23FO4. The highest BCUT2D eigenvalue weighted by Crippen LogP contribution is 2.39. The van der Waals surface area contributed by atoms with Gasteiger partial charge in [0.1, 0.15) is 29.5 Å². The molecular weight excluding hydrogens is 371 g/mol. The summed E-state index contributed by atoms with van der Waals surface area (Å²) >= 11 is 0. The summed E-state index contributed by atoms with van der Waals surface area (Å²) in [5, 5.41) is 10.9. The first-order valence-electron chi connectivity index (χ1n) is 9.68. The second-order valence-corrected chi connectivity index (χ2v) is 8.04. The number of aliphatic carboxylic acids is 1. The van der Waals surface area contributed by atoms with E-state index in [2.05, 4.69) is 0 Å². The van der Waals surface area contributed by atoms with Crippen LogP contribution < -0.4 is 9.47 Å². The van der Waals surface area contributed by atoms with Gasteiger partial charge in [-0.3, -0.25) is 4.79 Å². The number of carboxylic acid groups (broad SMARTS) is 1. The van der Waals surface area contributed by atoms with Gasteiger partial charge in [0.25, 0.3) is 0 Å². The number of halogens is 1. The molecule has 0 aromatic heterocycles. The maximum absolute atomic E-state index is 14.1. The van der Waals surface area contributed by atoms with Gasteiger partial charge in [-0.25, -0.2) is 4.39 Å². The summed E-state index contributed by atoms with van der Waals surface area (Å²) in [5.74, 6) is 0.267. The van der Waals surface area contributed by atoms with Crippen molar-refractivity contribution < 1.29 is 23.8 Å². The van der Waals surface area contributed by atoms with E-state index in [1.54, 1.807) is 0 Å².